The van der Waals surface area contributed by atoms with Gasteiger partial charge in [-0.1, -0.05) is 20.8 Å². The van der Waals surface area contributed by atoms with E-state index in [1.807, 2.05) is 20.9 Å². The summed E-state index contributed by atoms with van der Waals surface area (Å²) in [5.41, 5.74) is 7.65. The molecule has 7 heteroatoms. The van der Waals surface area contributed by atoms with E-state index in [9.17, 15) is 4.79 Å². The monoisotopic (exact) mass is 382 g/mol. The number of hydrogen-bond acceptors (Lipinski definition) is 6. The van der Waals surface area contributed by atoms with Gasteiger partial charge in [0.2, 0.25) is 5.91 Å². The van der Waals surface area contributed by atoms with Crippen molar-refractivity contribution >= 4 is 5.91 Å². The molecule has 0 aromatic rings. The van der Waals surface area contributed by atoms with Crippen molar-refractivity contribution in [1.29, 1.82) is 0 Å². The quantitative estimate of drug-likeness (QED) is 0.584. The average molecular weight is 383 g/mol. The van der Waals surface area contributed by atoms with Gasteiger partial charge in [0.15, 0.2) is 0 Å². The van der Waals surface area contributed by atoms with E-state index in [1.54, 1.807) is 7.11 Å². The summed E-state index contributed by atoms with van der Waals surface area (Å²) < 4.78 is 12.0. The fraction of sp³-hybridized carbons (Fsp3) is 0.850. The number of methoxy groups -OCH3 is 1. The SMILES string of the molecule is CCN(C(CC1=C(C)CNC1=O)C(C)C)[C@H]1C[C@@H](NC)[C@@H](OC)[C@@](C)(N)O1. The molecule has 0 radical (unpaired) electrons. The van der Waals surface area contributed by atoms with Gasteiger partial charge in [0.05, 0.1) is 0 Å². The highest BCUT2D eigenvalue weighted by molar-refractivity contribution is 5.96. The lowest BCUT2D eigenvalue weighted by molar-refractivity contribution is -0.242. The van der Waals surface area contributed by atoms with Gasteiger partial charge in [-0.15, -0.1) is 0 Å². The van der Waals surface area contributed by atoms with Crippen LogP contribution in [0.3, 0.4) is 0 Å². The Labute approximate surface area is 164 Å². The third-order valence-electron chi connectivity index (χ3n) is 6.05. The van der Waals surface area contributed by atoms with Gasteiger partial charge < -0.3 is 25.8 Å². The Morgan fingerprint density at radius 3 is 2.59 bits per heavy atom. The number of likely N-dealkylation sites (N-methyl/N-ethyl adjacent to an activating group) is 1. The summed E-state index contributed by atoms with van der Waals surface area (Å²) in [4.78, 5) is 14.6. The number of nitrogens with two attached hydrogens (primary N) is 1. The Bertz CT molecular complexity index is 561. The predicted molar refractivity (Wildman–Crippen MR) is 107 cm³/mol. The summed E-state index contributed by atoms with van der Waals surface area (Å²) in [6.45, 7) is 11.9. The van der Waals surface area contributed by atoms with E-state index >= 15 is 0 Å². The predicted octanol–water partition coefficient (Wildman–Crippen LogP) is 1.19. The molecule has 4 N–H and O–H groups in total. The molecule has 27 heavy (non-hydrogen) atoms. The molecule has 0 saturated carbocycles. The fourth-order valence-corrected chi connectivity index (χ4v) is 4.50. The van der Waals surface area contributed by atoms with E-state index in [2.05, 4.69) is 36.3 Å². The van der Waals surface area contributed by atoms with Gasteiger partial charge >= 0.3 is 0 Å². The molecule has 0 aliphatic carbocycles. The first-order valence-corrected chi connectivity index (χ1v) is 10.1. The highest BCUT2D eigenvalue weighted by Gasteiger charge is 2.47. The summed E-state index contributed by atoms with van der Waals surface area (Å²) in [5.74, 6) is 0.439. The first-order valence-electron chi connectivity index (χ1n) is 10.1. The summed E-state index contributed by atoms with van der Waals surface area (Å²) in [6.07, 6.45) is 1.15. The number of nitrogens with one attached hydrogen (secondary N) is 2. The van der Waals surface area contributed by atoms with E-state index in [1.165, 1.54) is 0 Å². The highest BCUT2D eigenvalue weighted by atomic mass is 16.6. The molecule has 1 amide bonds. The minimum atomic E-state index is -0.889. The summed E-state index contributed by atoms with van der Waals surface area (Å²) in [5, 5.41) is 6.27. The number of nitrogens with zero attached hydrogens (tertiary/aromatic N) is 1. The lowest BCUT2D eigenvalue weighted by atomic mass is 9.90. The zero-order chi connectivity index (χ0) is 20.4. The minimum absolute atomic E-state index is 0.0648. The van der Waals surface area contributed by atoms with Crippen LogP contribution in [0.2, 0.25) is 0 Å². The average Bonchev–Trinajstić information content (AvgIpc) is 2.91. The maximum Gasteiger partial charge on any atom is 0.247 e. The lowest BCUT2D eigenvalue weighted by Gasteiger charge is -2.50. The normalized spacial score (nSPS) is 33.1. The molecule has 2 rings (SSSR count). The Hall–Kier alpha value is -0.990. The van der Waals surface area contributed by atoms with Crippen molar-refractivity contribution < 1.29 is 14.3 Å². The molecule has 2 aliphatic rings. The molecular formula is C20H38N4O3. The van der Waals surface area contributed by atoms with E-state index in [0.717, 1.165) is 30.5 Å². The molecule has 0 spiro atoms. The van der Waals surface area contributed by atoms with Crippen LogP contribution < -0.4 is 16.4 Å². The second-order valence-electron chi connectivity index (χ2n) is 8.33. The summed E-state index contributed by atoms with van der Waals surface area (Å²) in [7, 11) is 3.61. The third kappa shape index (κ3) is 4.71. The number of hydrogen-bond donors (Lipinski definition) is 3. The number of carbonyl (C=O) groups excluding carboxylic acids is 1. The molecule has 0 aromatic carbocycles. The van der Waals surface area contributed by atoms with Gasteiger partial charge in [-0.25, -0.2) is 0 Å². The van der Waals surface area contributed by atoms with Crippen molar-refractivity contribution in [3.05, 3.63) is 11.1 Å². The zero-order valence-corrected chi connectivity index (χ0v) is 18.0. The molecule has 5 atom stereocenters. The van der Waals surface area contributed by atoms with Gasteiger partial charge in [0.1, 0.15) is 18.1 Å². The molecule has 0 bridgehead atoms. The van der Waals surface area contributed by atoms with Crippen LogP contribution in [0.15, 0.2) is 11.1 Å². The molecule has 1 saturated heterocycles. The first kappa shape index (κ1) is 22.3. The van der Waals surface area contributed by atoms with E-state index in [4.69, 9.17) is 15.2 Å². The number of carbonyl (C=O) groups is 1. The van der Waals surface area contributed by atoms with Crippen LogP contribution in [0.25, 0.3) is 0 Å². The van der Waals surface area contributed by atoms with Crippen LogP contribution in [-0.2, 0) is 14.3 Å². The Morgan fingerprint density at radius 2 is 2.15 bits per heavy atom. The highest BCUT2D eigenvalue weighted by Crippen LogP contribution is 2.33. The minimum Gasteiger partial charge on any atom is -0.375 e. The number of ether oxygens (including phenoxy) is 2. The van der Waals surface area contributed by atoms with Crippen molar-refractivity contribution in [2.75, 3.05) is 27.2 Å². The van der Waals surface area contributed by atoms with Gasteiger partial charge in [-0.2, -0.15) is 0 Å². The molecule has 7 nitrogen and oxygen atoms in total. The maximum absolute atomic E-state index is 12.2. The topological polar surface area (TPSA) is 88.9 Å². The smallest absolute Gasteiger partial charge is 0.247 e. The molecule has 2 heterocycles. The van der Waals surface area contributed by atoms with Crippen molar-refractivity contribution in [2.24, 2.45) is 11.7 Å². The van der Waals surface area contributed by atoms with Crippen LogP contribution >= 0.6 is 0 Å². The molecular weight excluding hydrogens is 344 g/mol. The van der Waals surface area contributed by atoms with Crippen molar-refractivity contribution in [1.82, 2.24) is 15.5 Å². The molecule has 1 unspecified atom stereocenters. The molecule has 1 fully saturated rings. The van der Waals surface area contributed by atoms with Crippen LogP contribution in [0, 0.1) is 5.92 Å². The number of amides is 1. The first-order chi connectivity index (χ1) is 12.7. The lowest BCUT2D eigenvalue weighted by Crippen LogP contribution is -2.68. The Balaban J connectivity index is 2.26. The van der Waals surface area contributed by atoms with Crippen molar-refractivity contribution in [2.45, 2.75) is 77.6 Å². The largest absolute Gasteiger partial charge is 0.375 e. The maximum atomic E-state index is 12.2. The van der Waals surface area contributed by atoms with E-state index in [-0.39, 0.29) is 30.3 Å². The van der Waals surface area contributed by atoms with Crippen LogP contribution in [-0.4, -0.2) is 68.2 Å². The fourth-order valence-electron chi connectivity index (χ4n) is 4.50. The molecule has 0 aromatic heterocycles. The Kier molecular flexibility index (Phi) is 7.44. The second kappa shape index (κ2) is 9.01. The van der Waals surface area contributed by atoms with Crippen LogP contribution in [0.4, 0.5) is 0 Å². The van der Waals surface area contributed by atoms with Crippen LogP contribution in [0.5, 0.6) is 0 Å². The standard InChI is InChI=1S/C20H38N4O3/c1-8-24(16(12(2)3)9-14-13(4)11-23-19(14)25)17-10-15(22-6)18(26-7)20(5,21)27-17/h12,15-18,22H,8-11,21H2,1-7H3,(H,23,25)/t15-,16?,17-,18-,20+/m1/s1. The van der Waals surface area contributed by atoms with Gasteiger partial charge in [0, 0.05) is 37.7 Å². The van der Waals surface area contributed by atoms with Gasteiger partial charge in [0.25, 0.3) is 0 Å². The van der Waals surface area contributed by atoms with E-state index < -0.39 is 5.72 Å². The Morgan fingerprint density at radius 1 is 1.48 bits per heavy atom. The number of rotatable bonds is 8. The second-order valence-corrected chi connectivity index (χ2v) is 8.33. The zero-order valence-electron chi connectivity index (χ0n) is 18.0. The van der Waals surface area contributed by atoms with Crippen LogP contribution in [0.1, 0.15) is 47.5 Å². The summed E-state index contributed by atoms with van der Waals surface area (Å²) in [6, 6.07) is 0.294. The third-order valence-corrected chi connectivity index (χ3v) is 6.05. The van der Waals surface area contributed by atoms with E-state index in [0.29, 0.717) is 12.5 Å². The van der Waals surface area contributed by atoms with Gasteiger partial charge in [-0.3, -0.25) is 9.69 Å². The van der Waals surface area contributed by atoms with Crippen molar-refractivity contribution in [3.8, 4) is 0 Å². The van der Waals surface area contributed by atoms with Gasteiger partial charge in [-0.05, 0) is 45.4 Å². The van der Waals surface area contributed by atoms with Crippen molar-refractivity contribution in [3.63, 3.8) is 0 Å². The molecule has 2 aliphatic heterocycles. The molecule has 156 valence electrons. The summed E-state index contributed by atoms with van der Waals surface area (Å²) >= 11 is 0.